The minimum absolute atomic E-state index is 0.209. The second-order valence-corrected chi connectivity index (χ2v) is 4.08. The van der Waals surface area contributed by atoms with Crippen molar-refractivity contribution in [1.29, 1.82) is 0 Å². The zero-order valence-corrected chi connectivity index (χ0v) is 10.1. The highest BCUT2D eigenvalue weighted by Crippen LogP contribution is 2.17. The van der Waals surface area contributed by atoms with Crippen molar-refractivity contribution in [2.45, 2.75) is 20.4 Å². The summed E-state index contributed by atoms with van der Waals surface area (Å²) >= 11 is 5.96. The SMILES string of the molecule is CCN(CCO)Cc1ccc(Cl)c(C)c1. The van der Waals surface area contributed by atoms with E-state index in [0.29, 0.717) is 0 Å². The van der Waals surface area contributed by atoms with Gasteiger partial charge in [0.1, 0.15) is 0 Å². The Kier molecular flexibility index (Phi) is 5.09. The molecule has 0 amide bonds. The normalized spacial score (nSPS) is 11.0. The highest BCUT2D eigenvalue weighted by atomic mass is 35.5. The molecule has 0 spiro atoms. The predicted molar refractivity (Wildman–Crippen MR) is 64.2 cm³/mol. The Morgan fingerprint density at radius 3 is 2.67 bits per heavy atom. The molecule has 1 N–H and O–H groups in total. The highest BCUT2D eigenvalue weighted by Gasteiger charge is 2.04. The maximum Gasteiger partial charge on any atom is 0.0558 e. The summed E-state index contributed by atoms with van der Waals surface area (Å²) in [6.07, 6.45) is 0. The van der Waals surface area contributed by atoms with Crippen LogP contribution < -0.4 is 0 Å². The Bertz CT molecular complexity index is 314. The number of rotatable bonds is 5. The standard InChI is InChI=1S/C12H18ClNO/c1-3-14(6-7-15)9-11-4-5-12(13)10(2)8-11/h4-5,8,15H,3,6-7,9H2,1-2H3. The largest absolute Gasteiger partial charge is 0.395 e. The average molecular weight is 228 g/mol. The molecule has 3 heteroatoms. The fraction of sp³-hybridized carbons (Fsp3) is 0.500. The lowest BCUT2D eigenvalue weighted by Crippen LogP contribution is -2.26. The molecule has 0 aliphatic carbocycles. The van der Waals surface area contributed by atoms with Crippen LogP contribution in [0, 0.1) is 6.92 Å². The van der Waals surface area contributed by atoms with E-state index in [1.54, 1.807) is 0 Å². The number of halogens is 1. The minimum Gasteiger partial charge on any atom is -0.395 e. The Morgan fingerprint density at radius 2 is 2.13 bits per heavy atom. The van der Waals surface area contributed by atoms with E-state index in [9.17, 15) is 0 Å². The summed E-state index contributed by atoms with van der Waals surface area (Å²) in [6.45, 7) is 6.85. The Balaban J connectivity index is 2.66. The van der Waals surface area contributed by atoms with Gasteiger partial charge in [-0.2, -0.15) is 0 Å². The summed E-state index contributed by atoms with van der Waals surface area (Å²) in [7, 11) is 0. The maximum absolute atomic E-state index is 8.88. The van der Waals surface area contributed by atoms with Gasteiger partial charge in [-0.05, 0) is 30.7 Å². The first-order valence-electron chi connectivity index (χ1n) is 5.25. The molecule has 1 rings (SSSR count). The summed E-state index contributed by atoms with van der Waals surface area (Å²) in [5.74, 6) is 0. The quantitative estimate of drug-likeness (QED) is 0.836. The Hall–Kier alpha value is -0.570. The number of aryl methyl sites for hydroxylation is 1. The van der Waals surface area contributed by atoms with E-state index in [0.717, 1.165) is 30.2 Å². The van der Waals surface area contributed by atoms with Gasteiger partial charge in [-0.3, -0.25) is 4.90 Å². The van der Waals surface area contributed by atoms with Crippen molar-refractivity contribution in [2.75, 3.05) is 19.7 Å². The topological polar surface area (TPSA) is 23.5 Å². The van der Waals surface area contributed by atoms with Crippen molar-refractivity contribution in [3.63, 3.8) is 0 Å². The van der Waals surface area contributed by atoms with Crippen LogP contribution in [0.2, 0.25) is 5.02 Å². The van der Waals surface area contributed by atoms with Crippen LogP contribution in [-0.2, 0) is 6.54 Å². The molecule has 0 heterocycles. The molecular formula is C12H18ClNO. The van der Waals surface area contributed by atoms with Crippen molar-refractivity contribution in [2.24, 2.45) is 0 Å². The zero-order chi connectivity index (χ0) is 11.3. The number of hydrogen-bond donors (Lipinski definition) is 1. The molecule has 0 bridgehead atoms. The summed E-state index contributed by atoms with van der Waals surface area (Å²) < 4.78 is 0. The smallest absolute Gasteiger partial charge is 0.0558 e. The van der Waals surface area contributed by atoms with Gasteiger partial charge < -0.3 is 5.11 Å². The number of hydrogen-bond acceptors (Lipinski definition) is 2. The molecule has 0 unspecified atom stereocenters. The van der Waals surface area contributed by atoms with Crippen LogP contribution in [0.15, 0.2) is 18.2 Å². The van der Waals surface area contributed by atoms with Gasteiger partial charge in [0.05, 0.1) is 6.61 Å². The number of aliphatic hydroxyl groups is 1. The Morgan fingerprint density at radius 1 is 1.40 bits per heavy atom. The van der Waals surface area contributed by atoms with Crippen LogP contribution in [0.1, 0.15) is 18.1 Å². The zero-order valence-electron chi connectivity index (χ0n) is 9.33. The average Bonchev–Trinajstić information content (AvgIpc) is 2.23. The highest BCUT2D eigenvalue weighted by molar-refractivity contribution is 6.31. The molecule has 2 nitrogen and oxygen atoms in total. The first-order valence-corrected chi connectivity index (χ1v) is 5.63. The van der Waals surface area contributed by atoms with Crippen molar-refractivity contribution in [3.8, 4) is 0 Å². The minimum atomic E-state index is 0.209. The molecule has 0 radical (unpaired) electrons. The fourth-order valence-corrected chi connectivity index (χ4v) is 1.67. The van der Waals surface area contributed by atoms with E-state index in [1.165, 1.54) is 5.56 Å². The molecule has 0 aliphatic rings. The van der Waals surface area contributed by atoms with Crippen LogP contribution in [0.4, 0.5) is 0 Å². The molecule has 1 aromatic carbocycles. The van der Waals surface area contributed by atoms with Gasteiger partial charge in [0.25, 0.3) is 0 Å². The lowest BCUT2D eigenvalue weighted by atomic mass is 10.1. The molecule has 15 heavy (non-hydrogen) atoms. The maximum atomic E-state index is 8.88. The molecule has 84 valence electrons. The lowest BCUT2D eigenvalue weighted by molar-refractivity contribution is 0.197. The number of benzene rings is 1. The van der Waals surface area contributed by atoms with Gasteiger partial charge in [0, 0.05) is 18.1 Å². The first-order chi connectivity index (χ1) is 7.17. The van der Waals surface area contributed by atoms with E-state index >= 15 is 0 Å². The van der Waals surface area contributed by atoms with Gasteiger partial charge in [0.15, 0.2) is 0 Å². The van der Waals surface area contributed by atoms with Crippen molar-refractivity contribution in [1.82, 2.24) is 4.90 Å². The molecule has 0 aliphatic heterocycles. The molecule has 0 aromatic heterocycles. The van der Waals surface area contributed by atoms with E-state index in [-0.39, 0.29) is 6.61 Å². The van der Waals surface area contributed by atoms with Crippen LogP contribution in [0.5, 0.6) is 0 Å². The van der Waals surface area contributed by atoms with Crippen molar-refractivity contribution < 1.29 is 5.11 Å². The van der Waals surface area contributed by atoms with Crippen molar-refractivity contribution >= 4 is 11.6 Å². The summed E-state index contributed by atoms with van der Waals surface area (Å²) in [6, 6.07) is 6.07. The predicted octanol–water partition coefficient (Wildman–Crippen LogP) is 2.46. The molecular weight excluding hydrogens is 210 g/mol. The van der Waals surface area contributed by atoms with Crippen molar-refractivity contribution in [3.05, 3.63) is 34.3 Å². The number of nitrogens with zero attached hydrogens (tertiary/aromatic N) is 1. The van der Waals surface area contributed by atoms with Crippen LogP contribution in [0.3, 0.4) is 0 Å². The summed E-state index contributed by atoms with van der Waals surface area (Å²) in [5.41, 5.74) is 2.35. The van der Waals surface area contributed by atoms with Gasteiger partial charge in [-0.15, -0.1) is 0 Å². The van der Waals surface area contributed by atoms with Crippen LogP contribution in [-0.4, -0.2) is 29.7 Å². The number of aliphatic hydroxyl groups excluding tert-OH is 1. The van der Waals surface area contributed by atoms with E-state index < -0.39 is 0 Å². The molecule has 1 aromatic rings. The Labute approximate surface area is 96.5 Å². The third kappa shape index (κ3) is 3.82. The molecule has 0 saturated carbocycles. The third-order valence-corrected chi connectivity index (χ3v) is 2.92. The molecule has 0 saturated heterocycles. The van der Waals surface area contributed by atoms with Gasteiger partial charge in [-0.1, -0.05) is 30.7 Å². The molecule has 0 atom stereocenters. The summed E-state index contributed by atoms with van der Waals surface area (Å²) in [4.78, 5) is 2.20. The van der Waals surface area contributed by atoms with Gasteiger partial charge in [0.2, 0.25) is 0 Å². The second-order valence-electron chi connectivity index (χ2n) is 3.68. The fourth-order valence-electron chi connectivity index (χ4n) is 1.55. The van der Waals surface area contributed by atoms with E-state index in [4.69, 9.17) is 16.7 Å². The number of likely N-dealkylation sites (N-methyl/N-ethyl adjacent to an activating group) is 1. The van der Waals surface area contributed by atoms with Crippen LogP contribution in [0.25, 0.3) is 0 Å². The summed E-state index contributed by atoms with van der Waals surface area (Å²) in [5, 5.41) is 9.69. The monoisotopic (exact) mass is 227 g/mol. The first kappa shape index (κ1) is 12.5. The second kappa shape index (κ2) is 6.11. The van der Waals surface area contributed by atoms with E-state index in [2.05, 4.69) is 17.9 Å². The van der Waals surface area contributed by atoms with Gasteiger partial charge in [-0.25, -0.2) is 0 Å². The molecule has 0 fully saturated rings. The van der Waals surface area contributed by atoms with Gasteiger partial charge >= 0.3 is 0 Å². The van der Waals surface area contributed by atoms with E-state index in [1.807, 2.05) is 19.1 Å². The lowest BCUT2D eigenvalue weighted by Gasteiger charge is -2.19. The van der Waals surface area contributed by atoms with Crippen LogP contribution >= 0.6 is 11.6 Å². The third-order valence-electron chi connectivity index (χ3n) is 2.49.